The predicted molar refractivity (Wildman–Crippen MR) is 119 cm³/mol. The summed E-state index contributed by atoms with van der Waals surface area (Å²) in [6.07, 6.45) is 3.94. The van der Waals surface area contributed by atoms with E-state index in [2.05, 4.69) is 4.98 Å². The number of aryl methyl sites for hydroxylation is 2. The van der Waals surface area contributed by atoms with Crippen LogP contribution in [0.5, 0.6) is 5.75 Å². The van der Waals surface area contributed by atoms with Crippen LogP contribution in [0.4, 0.5) is 0 Å². The fraction of sp³-hybridized carbons (Fsp3) is 0.375. The van der Waals surface area contributed by atoms with Gasteiger partial charge in [-0.05, 0) is 75.8 Å². The SMILES string of the molecule is COc1c(C)cc(C)cc1/C(O)=C1\C(=O)C(=O)N(CCCN(C)C)C1c1ccncc1. The Morgan fingerprint density at radius 1 is 1.19 bits per heavy atom. The maximum atomic E-state index is 13.1. The molecule has 0 spiro atoms. The summed E-state index contributed by atoms with van der Waals surface area (Å²) in [5, 5.41) is 11.3. The highest BCUT2D eigenvalue weighted by Gasteiger charge is 2.46. The molecule has 1 aromatic heterocycles. The number of pyridine rings is 1. The molecule has 1 aliphatic rings. The second-order valence-electron chi connectivity index (χ2n) is 8.09. The van der Waals surface area contributed by atoms with Gasteiger partial charge in [0.25, 0.3) is 11.7 Å². The van der Waals surface area contributed by atoms with Crippen LogP contribution in [0.2, 0.25) is 0 Å². The summed E-state index contributed by atoms with van der Waals surface area (Å²) < 4.78 is 5.51. The number of Topliss-reactive ketones (excluding diaryl/α,β-unsaturated/α-hetero) is 1. The van der Waals surface area contributed by atoms with Crippen molar-refractivity contribution in [1.82, 2.24) is 14.8 Å². The lowest BCUT2D eigenvalue weighted by molar-refractivity contribution is -0.139. The third-order valence-electron chi connectivity index (χ3n) is 5.44. The van der Waals surface area contributed by atoms with Gasteiger partial charge in [-0.3, -0.25) is 14.6 Å². The van der Waals surface area contributed by atoms with Crippen LogP contribution < -0.4 is 4.74 Å². The maximum absolute atomic E-state index is 13.1. The minimum absolute atomic E-state index is 0.0735. The van der Waals surface area contributed by atoms with E-state index in [1.54, 1.807) is 35.5 Å². The Morgan fingerprint density at radius 3 is 2.48 bits per heavy atom. The fourth-order valence-electron chi connectivity index (χ4n) is 4.11. The predicted octanol–water partition coefficient (Wildman–Crippen LogP) is 3.08. The van der Waals surface area contributed by atoms with Crippen molar-refractivity contribution in [3.05, 3.63) is 64.5 Å². The molecule has 164 valence electrons. The molecule has 7 heteroatoms. The van der Waals surface area contributed by atoms with Crippen molar-refractivity contribution in [2.45, 2.75) is 26.3 Å². The zero-order chi connectivity index (χ0) is 22.7. The second-order valence-corrected chi connectivity index (χ2v) is 8.09. The number of nitrogens with zero attached hydrogens (tertiary/aromatic N) is 3. The first kappa shape index (κ1) is 22.5. The lowest BCUT2D eigenvalue weighted by Gasteiger charge is -2.26. The monoisotopic (exact) mass is 423 g/mol. The first-order valence-electron chi connectivity index (χ1n) is 10.2. The number of carbonyl (C=O) groups is 2. The normalized spacial score (nSPS) is 18.1. The molecule has 1 fully saturated rings. The minimum atomic E-state index is -0.689. The van der Waals surface area contributed by atoms with E-state index in [1.165, 1.54) is 7.11 Å². The zero-order valence-electron chi connectivity index (χ0n) is 18.7. The molecular formula is C24H29N3O4. The average Bonchev–Trinajstić information content (AvgIpc) is 2.98. The first-order valence-corrected chi connectivity index (χ1v) is 10.2. The maximum Gasteiger partial charge on any atom is 0.295 e. The van der Waals surface area contributed by atoms with Crippen molar-refractivity contribution in [1.29, 1.82) is 0 Å². The zero-order valence-corrected chi connectivity index (χ0v) is 18.7. The molecule has 2 aromatic rings. The standard InChI is InChI=1S/C24H29N3O4/c1-15-13-16(2)23(31-5)18(14-15)21(28)19-20(17-7-9-25-10-8-17)27(24(30)22(19)29)12-6-11-26(3)4/h7-10,13-14,20,28H,6,11-12H2,1-5H3/b21-19+. The number of amides is 1. The Morgan fingerprint density at radius 2 is 1.87 bits per heavy atom. The van der Waals surface area contributed by atoms with E-state index in [4.69, 9.17) is 4.74 Å². The van der Waals surface area contributed by atoms with E-state index in [0.717, 1.165) is 23.2 Å². The molecule has 0 radical (unpaired) electrons. The van der Waals surface area contributed by atoms with Gasteiger partial charge in [0.15, 0.2) is 0 Å². The van der Waals surface area contributed by atoms with Gasteiger partial charge in [-0.15, -0.1) is 0 Å². The fourth-order valence-corrected chi connectivity index (χ4v) is 4.11. The van der Waals surface area contributed by atoms with Crippen molar-refractivity contribution in [3.63, 3.8) is 0 Å². The van der Waals surface area contributed by atoms with Crippen molar-refractivity contribution >= 4 is 17.4 Å². The third-order valence-corrected chi connectivity index (χ3v) is 5.44. The van der Waals surface area contributed by atoms with Crippen LogP contribution in [0, 0.1) is 13.8 Å². The molecule has 7 nitrogen and oxygen atoms in total. The molecule has 2 heterocycles. The highest BCUT2D eigenvalue weighted by atomic mass is 16.5. The Kier molecular flexibility index (Phi) is 6.75. The number of benzene rings is 1. The number of hydrogen-bond acceptors (Lipinski definition) is 6. The van der Waals surface area contributed by atoms with E-state index in [-0.39, 0.29) is 11.3 Å². The molecule has 1 saturated heterocycles. The summed E-state index contributed by atoms with van der Waals surface area (Å²) in [7, 11) is 5.44. The number of likely N-dealkylation sites (tertiary alicyclic amines) is 1. The largest absolute Gasteiger partial charge is 0.507 e. The number of methoxy groups -OCH3 is 1. The summed E-state index contributed by atoms with van der Waals surface area (Å²) in [5.74, 6) is -1.04. The van der Waals surface area contributed by atoms with Crippen molar-refractivity contribution in [3.8, 4) is 5.75 Å². The summed E-state index contributed by atoms with van der Waals surface area (Å²) >= 11 is 0. The molecule has 3 rings (SSSR count). The van der Waals surface area contributed by atoms with Crippen LogP contribution in [0.15, 0.2) is 42.2 Å². The van der Waals surface area contributed by atoms with Gasteiger partial charge in [-0.25, -0.2) is 0 Å². The van der Waals surface area contributed by atoms with Gasteiger partial charge in [0.2, 0.25) is 0 Å². The van der Waals surface area contributed by atoms with Crippen molar-refractivity contribution in [2.75, 3.05) is 34.3 Å². The first-order chi connectivity index (χ1) is 14.8. The molecule has 1 N–H and O–H groups in total. The lowest BCUT2D eigenvalue weighted by atomic mass is 9.94. The molecule has 0 saturated carbocycles. The lowest BCUT2D eigenvalue weighted by Crippen LogP contribution is -2.32. The molecule has 0 aliphatic carbocycles. The van der Waals surface area contributed by atoms with E-state index in [9.17, 15) is 14.7 Å². The molecule has 1 atom stereocenters. The number of aliphatic hydroxyl groups excluding tert-OH is 1. The van der Waals surface area contributed by atoms with Crippen molar-refractivity contribution < 1.29 is 19.4 Å². The molecule has 31 heavy (non-hydrogen) atoms. The highest BCUT2D eigenvalue weighted by Crippen LogP contribution is 2.41. The van der Waals surface area contributed by atoms with Gasteiger partial charge in [-0.1, -0.05) is 6.07 Å². The van der Waals surface area contributed by atoms with E-state index in [1.807, 2.05) is 38.9 Å². The number of carbonyl (C=O) groups excluding carboxylic acids is 2. The Bertz CT molecular complexity index is 1010. The molecule has 1 unspecified atom stereocenters. The second kappa shape index (κ2) is 9.31. The number of ketones is 1. The third kappa shape index (κ3) is 4.46. The molecule has 0 bridgehead atoms. The van der Waals surface area contributed by atoms with Crippen LogP contribution in [-0.4, -0.2) is 65.9 Å². The topological polar surface area (TPSA) is 83.0 Å². The number of hydrogen-bond donors (Lipinski definition) is 1. The molecule has 1 aromatic carbocycles. The Balaban J connectivity index is 2.17. The molecular weight excluding hydrogens is 394 g/mol. The number of aliphatic hydroxyl groups is 1. The summed E-state index contributed by atoms with van der Waals surface area (Å²) in [6, 6.07) is 6.55. The number of rotatable bonds is 7. The summed E-state index contributed by atoms with van der Waals surface area (Å²) in [5.41, 5.74) is 2.96. The van der Waals surface area contributed by atoms with Crippen LogP contribution in [0.3, 0.4) is 0 Å². The van der Waals surface area contributed by atoms with E-state index in [0.29, 0.717) is 24.3 Å². The highest BCUT2D eigenvalue weighted by molar-refractivity contribution is 6.46. The van der Waals surface area contributed by atoms with Gasteiger partial charge in [0.1, 0.15) is 11.5 Å². The van der Waals surface area contributed by atoms with Crippen LogP contribution in [0.25, 0.3) is 5.76 Å². The Labute approximate surface area is 183 Å². The number of aromatic nitrogens is 1. The van der Waals surface area contributed by atoms with Crippen LogP contribution >= 0.6 is 0 Å². The van der Waals surface area contributed by atoms with Gasteiger partial charge in [0.05, 0.1) is 24.3 Å². The van der Waals surface area contributed by atoms with E-state index < -0.39 is 17.7 Å². The summed E-state index contributed by atoms with van der Waals surface area (Å²) in [6.45, 7) is 4.96. The molecule has 1 amide bonds. The van der Waals surface area contributed by atoms with Crippen molar-refractivity contribution in [2.24, 2.45) is 0 Å². The molecule has 1 aliphatic heterocycles. The Hall–Kier alpha value is -3.19. The van der Waals surface area contributed by atoms with Gasteiger partial charge in [0, 0.05) is 18.9 Å². The van der Waals surface area contributed by atoms with Gasteiger partial charge in [-0.2, -0.15) is 0 Å². The number of ether oxygens (including phenoxy) is 1. The van der Waals surface area contributed by atoms with Gasteiger partial charge < -0.3 is 19.6 Å². The minimum Gasteiger partial charge on any atom is -0.507 e. The summed E-state index contributed by atoms with van der Waals surface area (Å²) in [4.78, 5) is 33.7. The quantitative estimate of drug-likeness (QED) is 0.419. The van der Waals surface area contributed by atoms with E-state index >= 15 is 0 Å². The smallest absolute Gasteiger partial charge is 0.295 e. The van der Waals surface area contributed by atoms with Gasteiger partial charge >= 0.3 is 0 Å². The van der Waals surface area contributed by atoms with Crippen LogP contribution in [-0.2, 0) is 9.59 Å². The van der Waals surface area contributed by atoms with Crippen LogP contribution in [0.1, 0.15) is 34.7 Å². The average molecular weight is 424 g/mol.